The van der Waals surface area contributed by atoms with Gasteiger partial charge in [0, 0.05) is 11.8 Å². The second-order valence-corrected chi connectivity index (χ2v) is 4.83. The highest BCUT2D eigenvalue weighted by molar-refractivity contribution is 5.80. The number of aryl methyl sites for hydroxylation is 1. The summed E-state index contributed by atoms with van der Waals surface area (Å²) in [5.74, 6) is 0.886. The van der Waals surface area contributed by atoms with Gasteiger partial charge in [-0.25, -0.2) is 4.98 Å². The third kappa shape index (κ3) is 1.55. The van der Waals surface area contributed by atoms with Crippen LogP contribution in [0.4, 0.5) is 0 Å². The maximum absolute atomic E-state index is 4.66. The topological polar surface area (TPSA) is 33.1 Å². The van der Waals surface area contributed by atoms with Crippen molar-refractivity contribution in [2.24, 2.45) is 0 Å². The second kappa shape index (κ2) is 3.72. The first-order valence-corrected chi connectivity index (χ1v) is 6.34. The van der Waals surface area contributed by atoms with Gasteiger partial charge in [0.25, 0.3) is 0 Å². The Balaban J connectivity index is 1.94. The Bertz CT molecular complexity index is 866. The van der Waals surface area contributed by atoms with Crippen molar-refractivity contribution in [2.45, 2.75) is 6.92 Å². The minimum absolute atomic E-state index is 0.886. The molecular formula is C16H13N3. The van der Waals surface area contributed by atoms with Gasteiger partial charge < -0.3 is 4.98 Å². The molecule has 0 radical (unpaired) electrons. The molecule has 92 valence electrons. The average Bonchev–Trinajstić information content (AvgIpc) is 2.97. The maximum atomic E-state index is 4.66. The molecule has 0 fully saturated rings. The van der Waals surface area contributed by atoms with Gasteiger partial charge in [0.2, 0.25) is 5.78 Å². The smallest absolute Gasteiger partial charge is 0.212 e. The molecule has 2 aromatic heterocycles. The Morgan fingerprint density at radius 3 is 2.63 bits per heavy atom. The molecule has 0 unspecified atom stereocenters. The van der Waals surface area contributed by atoms with Crippen LogP contribution in [0.15, 0.2) is 54.7 Å². The zero-order valence-corrected chi connectivity index (χ0v) is 10.6. The number of imidazole rings is 2. The summed E-state index contributed by atoms with van der Waals surface area (Å²) in [6.45, 7) is 2.09. The lowest BCUT2D eigenvalue weighted by Crippen LogP contribution is -1.79. The molecule has 0 atom stereocenters. The molecule has 2 heterocycles. The standard InChI is InChI=1S/C16H13N3/c1-11-6-8-12(9-7-11)14-10-19-15-5-3-2-4-13(15)17-16(19)18-14/h2-10H,1H3,(H,17,18). The molecule has 3 heteroatoms. The highest BCUT2D eigenvalue weighted by atomic mass is 15.1. The van der Waals surface area contributed by atoms with E-state index in [0.717, 1.165) is 28.1 Å². The van der Waals surface area contributed by atoms with Gasteiger partial charge >= 0.3 is 0 Å². The first-order chi connectivity index (χ1) is 9.31. The molecule has 0 aliphatic carbocycles. The van der Waals surface area contributed by atoms with Crippen molar-refractivity contribution in [1.82, 2.24) is 14.4 Å². The Morgan fingerprint density at radius 1 is 1.00 bits per heavy atom. The Morgan fingerprint density at radius 2 is 1.79 bits per heavy atom. The minimum Gasteiger partial charge on any atom is -0.323 e. The summed E-state index contributed by atoms with van der Waals surface area (Å²) in [7, 11) is 0. The largest absolute Gasteiger partial charge is 0.323 e. The van der Waals surface area contributed by atoms with Crippen LogP contribution in [-0.2, 0) is 0 Å². The summed E-state index contributed by atoms with van der Waals surface area (Å²) in [5.41, 5.74) is 5.67. The lowest BCUT2D eigenvalue weighted by molar-refractivity contribution is 1.25. The molecule has 4 aromatic rings. The van der Waals surface area contributed by atoms with Crippen LogP contribution >= 0.6 is 0 Å². The molecule has 0 aliphatic heterocycles. The van der Waals surface area contributed by atoms with E-state index in [1.165, 1.54) is 5.56 Å². The van der Waals surface area contributed by atoms with Gasteiger partial charge in [-0.1, -0.05) is 42.0 Å². The van der Waals surface area contributed by atoms with Crippen LogP contribution in [0.2, 0.25) is 0 Å². The Labute approximate surface area is 110 Å². The molecule has 0 aliphatic rings. The van der Waals surface area contributed by atoms with Crippen LogP contribution in [0.3, 0.4) is 0 Å². The highest BCUT2D eigenvalue weighted by Gasteiger charge is 2.08. The number of nitrogens with one attached hydrogen (secondary N) is 1. The molecule has 3 nitrogen and oxygen atoms in total. The van der Waals surface area contributed by atoms with Gasteiger partial charge in [-0.3, -0.25) is 4.40 Å². The van der Waals surface area contributed by atoms with Crippen LogP contribution in [0.25, 0.3) is 28.1 Å². The van der Waals surface area contributed by atoms with Crippen molar-refractivity contribution < 1.29 is 0 Å². The van der Waals surface area contributed by atoms with Crippen LogP contribution in [-0.4, -0.2) is 14.4 Å². The Kier molecular flexibility index (Phi) is 2.03. The van der Waals surface area contributed by atoms with Gasteiger partial charge in [-0.05, 0) is 19.1 Å². The maximum Gasteiger partial charge on any atom is 0.212 e. The van der Waals surface area contributed by atoms with Gasteiger partial charge in [0.1, 0.15) is 0 Å². The van der Waals surface area contributed by atoms with Crippen LogP contribution in [0.1, 0.15) is 5.56 Å². The molecule has 0 bridgehead atoms. The number of aromatic amines is 1. The molecule has 0 saturated heterocycles. The van der Waals surface area contributed by atoms with E-state index in [0.29, 0.717) is 0 Å². The van der Waals surface area contributed by atoms with Crippen molar-refractivity contribution in [2.75, 3.05) is 0 Å². The van der Waals surface area contributed by atoms with E-state index in [-0.39, 0.29) is 0 Å². The minimum atomic E-state index is 0.886. The fraction of sp³-hybridized carbons (Fsp3) is 0.0625. The van der Waals surface area contributed by atoms with Crippen molar-refractivity contribution in [3.63, 3.8) is 0 Å². The number of H-pyrrole nitrogens is 1. The number of nitrogens with zero attached hydrogens (tertiary/aromatic N) is 2. The second-order valence-electron chi connectivity index (χ2n) is 4.83. The number of fused-ring (bicyclic) bond motifs is 3. The lowest BCUT2D eigenvalue weighted by atomic mass is 10.1. The number of rotatable bonds is 1. The molecule has 0 saturated carbocycles. The number of benzene rings is 2. The van der Waals surface area contributed by atoms with Crippen LogP contribution in [0.5, 0.6) is 0 Å². The van der Waals surface area contributed by atoms with E-state index >= 15 is 0 Å². The van der Waals surface area contributed by atoms with E-state index in [1.54, 1.807) is 0 Å². The van der Waals surface area contributed by atoms with Gasteiger partial charge in [0.15, 0.2) is 0 Å². The molecule has 19 heavy (non-hydrogen) atoms. The van der Waals surface area contributed by atoms with E-state index in [4.69, 9.17) is 0 Å². The fourth-order valence-electron chi connectivity index (χ4n) is 2.43. The molecule has 4 rings (SSSR count). The summed E-state index contributed by atoms with van der Waals surface area (Å²) >= 11 is 0. The van der Waals surface area contributed by atoms with E-state index in [1.807, 2.05) is 12.1 Å². The van der Waals surface area contributed by atoms with E-state index in [2.05, 4.69) is 63.9 Å². The molecule has 0 spiro atoms. The van der Waals surface area contributed by atoms with Crippen LogP contribution in [0, 0.1) is 6.92 Å². The third-order valence-electron chi connectivity index (χ3n) is 3.46. The normalized spacial score (nSPS) is 11.4. The molecule has 2 aromatic carbocycles. The van der Waals surface area contributed by atoms with Crippen molar-refractivity contribution in [3.05, 3.63) is 60.3 Å². The summed E-state index contributed by atoms with van der Waals surface area (Å²) in [6.07, 6.45) is 2.08. The summed E-state index contributed by atoms with van der Waals surface area (Å²) in [6, 6.07) is 16.7. The predicted molar refractivity (Wildman–Crippen MR) is 77.2 cm³/mol. The average molecular weight is 247 g/mol. The first kappa shape index (κ1) is 10.4. The quantitative estimate of drug-likeness (QED) is 0.545. The van der Waals surface area contributed by atoms with Crippen LogP contribution < -0.4 is 0 Å². The summed E-state index contributed by atoms with van der Waals surface area (Å²) < 4.78 is 2.10. The monoisotopic (exact) mass is 247 g/mol. The Hall–Kier alpha value is -2.55. The van der Waals surface area contributed by atoms with Crippen molar-refractivity contribution >= 4 is 16.8 Å². The molecular weight excluding hydrogens is 234 g/mol. The number of hydrogen-bond acceptors (Lipinski definition) is 1. The lowest BCUT2D eigenvalue weighted by Gasteiger charge is -1.96. The van der Waals surface area contributed by atoms with E-state index in [9.17, 15) is 0 Å². The molecule has 1 N–H and O–H groups in total. The summed E-state index contributed by atoms with van der Waals surface area (Å²) in [5, 5.41) is 0. The van der Waals surface area contributed by atoms with Crippen molar-refractivity contribution in [3.8, 4) is 11.3 Å². The number of para-hydroxylation sites is 2. The zero-order chi connectivity index (χ0) is 12.8. The van der Waals surface area contributed by atoms with Gasteiger partial charge in [-0.15, -0.1) is 0 Å². The fourth-order valence-corrected chi connectivity index (χ4v) is 2.43. The molecule has 0 amide bonds. The zero-order valence-electron chi connectivity index (χ0n) is 10.6. The van der Waals surface area contributed by atoms with Crippen molar-refractivity contribution in [1.29, 1.82) is 0 Å². The third-order valence-corrected chi connectivity index (χ3v) is 3.46. The van der Waals surface area contributed by atoms with E-state index < -0.39 is 0 Å². The van der Waals surface area contributed by atoms with Gasteiger partial charge in [-0.2, -0.15) is 0 Å². The SMILES string of the molecule is Cc1ccc(-c2cn3c(n2)[nH]c2ccccc23)cc1. The highest BCUT2D eigenvalue weighted by Crippen LogP contribution is 2.22. The first-order valence-electron chi connectivity index (χ1n) is 6.34. The predicted octanol–water partition coefficient (Wildman–Crippen LogP) is 3.79. The number of aromatic nitrogens is 3. The summed E-state index contributed by atoms with van der Waals surface area (Å²) in [4.78, 5) is 7.99. The van der Waals surface area contributed by atoms with Gasteiger partial charge in [0.05, 0.1) is 16.7 Å². The number of hydrogen-bond donors (Lipinski definition) is 1.